The number of unbranched alkanes of at least 4 members (excludes halogenated alkanes) is 5. The summed E-state index contributed by atoms with van der Waals surface area (Å²) in [7, 11) is 0. The fourth-order valence-corrected chi connectivity index (χ4v) is 1.18. The van der Waals surface area contributed by atoms with Crippen molar-refractivity contribution < 1.29 is 5.11 Å². The molecule has 0 rings (SSSR count). The summed E-state index contributed by atoms with van der Waals surface area (Å²) in [6.07, 6.45) is 7.14. The van der Waals surface area contributed by atoms with Gasteiger partial charge in [-0.15, -0.1) is 0 Å². The van der Waals surface area contributed by atoms with E-state index in [1.54, 1.807) is 0 Å². The minimum absolute atomic E-state index is 0.641. The molecule has 0 aliphatic heterocycles. The van der Waals surface area contributed by atoms with Gasteiger partial charge in [-0.25, -0.2) is 0 Å². The van der Waals surface area contributed by atoms with Gasteiger partial charge in [0.2, 0.25) is 0 Å². The van der Waals surface area contributed by atoms with Crippen molar-refractivity contribution in [2.24, 2.45) is 0 Å². The second-order valence-electron chi connectivity index (χ2n) is 3.20. The van der Waals surface area contributed by atoms with Gasteiger partial charge < -0.3 is 5.11 Å². The monoisotopic (exact) mass is 169 g/mol. The van der Waals surface area contributed by atoms with Gasteiger partial charge in [-0.2, -0.15) is 5.26 Å². The van der Waals surface area contributed by atoms with Crippen molar-refractivity contribution in [1.82, 2.24) is 0 Å². The predicted molar refractivity (Wildman–Crippen MR) is 49.6 cm³/mol. The molecule has 0 radical (unpaired) electrons. The number of nitriles is 1. The van der Waals surface area contributed by atoms with Crippen LogP contribution in [0.2, 0.25) is 0 Å². The molecule has 0 heterocycles. The molecule has 2 heteroatoms. The van der Waals surface area contributed by atoms with Crippen LogP contribution in [0, 0.1) is 11.3 Å². The van der Waals surface area contributed by atoms with E-state index in [9.17, 15) is 0 Å². The quantitative estimate of drug-likeness (QED) is 0.470. The minimum Gasteiger partial charge on any atom is -0.378 e. The van der Waals surface area contributed by atoms with Crippen molar-refractivity contribution in [3.05, 3.63) is 0 Å². The number of rotatable bonds is 7. The molecule has 70 valence electrons. The molecule has 0 aromatic carbocycles. The Labute approximate surface area is 75.2 Å². The third-order valence-corrected chi connectivity index (χ3v) is 1.98. The van der Waals surface area contributed by atoms with Crippen molar-refractivity contribution in [3.8, 4) is 6.07 Å². The maximum absolute atomic E-state index is 8.90. The maximum atomic E-state index is 8.90. The Hall–Kier alpha value is -0.550. The molecule has 0 aliphatic carbocycles. The lowest BCUT2D eigenvalue weighted by Crippen LogP contribution is -2.01. The number of hydrogen-bond donors (Lipinski definition) is 1. The molecule has 0 fully saturated rings. The van der Waals surface area contributed by atoms with E-state index in [-0.39, 0.29) is 0 Å². The fourth-order valence-electron chi connectivity index (χ4n) is 1.18. The van der Waals surface area contributed by atoms with Crippen LogP contribution in [0.4, 0.5) is 0 Å². The van der Waals surface area contributed by atoms with Crippen LogP contribution in [-0.2, 0) is 0 Å². The van der Waals surface area contributed by atoms with Crippen molar-refractivity contribution in [3.63, 3.8) is 0 Å². The first-order valence-corrected chi connectivity index (χ1v) is 4.89. The second-order valence-corrected chi connectivity index (χ2v) is 3.20. The summed E-state index contributed by atoms with van der Waals surface area (Å²) in [6, 6.07) is 1.82. The average Bonchev–Trinajstić information content (AvgIpc) is 2.10. The van der Waals surface area contributed by atoms with Crippen molar-refractivity contribution in [2.75, 3.05) is 0 Å². The molecular weight excluding hydrogens is 150 g/mol. The molecule has 0 aromatic heterocycles. The summed E-state index contributed by atoms with van der Waals surface area (Å²) in [5.74, 6) is 0. The lowest BCUT2D eigenvalue weighted by molar-refractivity contribution is 0.215. The fraction of sp³-hybridized carbons (Fsp3) is 0.900. The molecule has 0 amide bonds. The number of nitrogens with zero attached hydrogens (tertiary/aromatic N) is 1. The molecule has 2 nitrogen and oxygen atoms in total. The summed E-state index contributed by atoms with van der Waals surface area (Å²) in [6.45, 7) is 2.19. The molecular formula is C10H19NO. The first-order valence-electron chi connectivity index (χ1n) is 4.89. The van der Waals surface area contributed by atoms with E-state index < -0.39 is 6.10 Å². The molecule has 0 bridgehead atoms. The molecule has 0 saturated carbocycles. The first-order chi connectivity index (χ1) is 5.81. The Balaban J connectivity index is 2.96. The first kappa shape index (κ1) is 11.4. The van der Waals surface area contributed by atoms with Crippen molar-refractivity contribution in [1.29, 1.82) is 5.26 Å². The van der Waals surface area contributed by atoms with Gasteiger partial charge in [0.15, 0.2) is 0 Å². The van der Waals surface area contributed by atoms with E-state index in [1.165, 1.54) is 25.7 Å². The minimum atomic E-state index is -0.740. The van der Waals surface area contributed by atoms with Gasteiger partial charge in [0.25, 0.3) is 0 Å². The van der Waals surface area contributed by atoms with Gasteiger partial charge in [0.05, 0.1) is 6.07 Å². The van der Waals surface area contributed by atoms with Gasteiger partial charge in [-0.3, -0.25) is 0 Å². The zero-order valence-electron chi connectivity index (χ0n) is 7.92. The largest absolute Gasteiger partial charge is 0.378 e. The maximum Gasteiger partial charge on any atom is 0.140 e. The van der Waals surface area contributed by atoms with E-state index in [2.05, 4.69) is 6.92 Å². The topological polar surface area (TPSA) is 44.0 Å². The normalized spacial score (nSPS) is 12.4. The third kappa shape index (κ3) is 7.56. The summed E-state index contributed by atoms with van der Waals surface area (Å²) in [4.78, 5) is 0. The predicted octanol–water partition coefficient (Wildman–Crippen LogP) is 2.62. The van der Waals surface area contributed by atoms with Crippen LogP contribution in [-0.4, -0.2) is 11.2 Å². The van der Waals surface area contributed by atoms with E-state index in [1.807, 2.05) is 6.07 Å². The van der Waals surface area contributed by atoms with Crippen LogP contribution < -0.4 is 0 Å². The lowest BCUT2D eigenvalue weighted by Gasteiger charge is -2.01. The summed E-state index contributed by atoms with van der Waals surface area (Å²) >= 11 is 0. The van der Waals surface area contributed by atoms with Crippen LogP contribution in [0.15, 0.2) is 0 Å². The Morgan fingerprint density at radius 3 is 2.33 bits per heavy atom. The molecule has 0 aliphatic rings. The summed E-state index contributed by atoms with van der Waals surface area (Å²) in [5, 5.41) is 17.2. The molecule has 1 atom stereocenters. The third-order valence-electron chi connectivity index (χ3n) is 1.98. The highest BCUT2D eigenvalue weighted by Crippen LogP contribution is 2.07. The van der Waals surface area contributed by atoms with E-state index in [0.717, 1.165) is 12.8 Å². The standard InChI is InChI=1S/C10H19NO/c1-2-3-4-5-6-7-8-10(12)9-11/h10,12H,2-8H2,1H3/t10-/m0/s1. The molecule has 0 saturated heterocycles. The molecule has 0 unspecified atom stereocenters. The Morgan fingerprint density at radius 2 is 1.75 bits per heavy atom. The van der Waals surface area contributed by atoms with Crippen LogP contribution in [0.25, 0.3) is 0 Å². The number of aliphatic hydroxyl groups excluding tert-OH is 1. The highest BCUT2D eigenvalue weighted by molar-refractivity contribution is 4.81. The van der Waals surface area contributed by atoms with Gasteiger partial charge in [-0.05, 0) is 12.8 Å². The summed E-state index contributed by atoms with van der Waals surface area (Å²) in [5.41, 5.74) is 0. The summed E-state index contributed by atoms with van der Waals surface area (Å²) < 4.78 is 0. The highest BCUT2D eigenvalue weighted by Gasteiger charge is 1.99. The van der Waals surface area contributed by atoms with Crippen molar-refractivity contribution in [2.45, 2.75) is 58.0 Å². The zero-order valence-corrected chi connectivity index (χ0v) is 7.92. The van der Waals surface area contributed by atoms with Gasteiger partial charge >= 0.3 is 0 Å². The smallest absolute Gasteiger partial charge is 0.140 e. The van der Waals surface area contributed by atoms with Crippen LogP contribution >= 0.6 is 0 Å². The molecule has 0 spiro atoms. The average molecular weight is 169 g/mol. The van der Waals surface area contributed by atoms with Crippen LogP contribution in [0.5, 0.6) is 0 Å². The van der Waals surface area contributed by atoms with Crippen molar-refractivity contribution >= 4 is 0 Å². The Bertz CT molecular complexity index is 128. The SMILES string of the molecule is CCCCCCCC[C@H](O)C#N. The number of hydrogen-bond acceptors (Lipinski definition) is 2. The van der Waals surface area contributed by atoms with E-state index in [0.29, 0.717) is 6.42 Å². The molecule has 1 N–H and O–H groups in total. The van der Waals surface area contributed by atoms with Crippen LogP contribution in [0.1, 0.15) is 51.9 Å². The van der Waals surface area contributed by atoms with E-state index in [4.69, 9.17) is 10.4 Å². The lowest BCUT2D eigenvalue weighted by atomic mass is 10.1. The Morgan fingerprint density at radius 1 is 1.17 bits per heavy atom. The number of aliphatic hydroxyl groups is 1. The van der Waals surface area contributed by atoms with E-state index >= 15 is 0 Å². The second kappa shape index (κ2) is 8.55. The van der Waals surface area contributed by atoms with Gasteiger partial charge in [0, 0.05) is 0 Å². The van der Waals surface area contributed by atoms with Gasteiger partial charge in [0.1, 0.15) is 6.10 Å². The van der Waals surface area contributed by atoms with Crippen LogP contribution in [0.3, 0.4) is 0 Å². The molecule has 12 heavy (non-hydrogen) atoms. The van der Waals surface area contributed by atoms with Gasteiger partial charge in [-0.1, -0.05) is 39.0 Å². The Kier molecular flexibility index (Phi) is 8.15. The highest BCUT2D eigenvalue weighted by atomic mass is 16.3. The molecule has 0 aromatic rings. The zero-order chi connectivity index (χ0) is 9.23.